The SMILES string of the molecule is CC(C)N1CCN(C(=O)[C@H](Cc2ccccc2)NC(=O)OCc2ccccc2)CC1. The van der Waals surface area contributed by atoms with Crippen molar-refractivity contribution in [2.45, 2.75) is 39.0 Å². The topological polar surface area (TPSA) is 61.9 Å². The van der Waals surface area contributed by atoms with Crippen molar-refractivity contribution in [1.82, 2.24) is 15.1 Å². The molecular weight excluding hydrogens is 378 g/mol. The normalized spacial score (nSPS) is 15.6. The van der Waals surface area contributed by atoms with E-state index in [1.165, 1.54) is 0 Å². The molecule has 0 aliphatic carbocycles. The molecule has 30 heavy (non-hydrogen) atoms. The van der Waals surface area contributed by atoms with Crippen LogP contribution in [0, 0.1) is 0 Å². The van der Waals surface area contributed by atoms with E-state index in [1.807, 2.05) is 65.6 Å². The van der Waals surface area contributed by atoms with Gasteiger partial charge in [0.25, 0.3) is 0 Å². The van der Waals surface area contributed by atoms with Gasteiger partial charge in [-0.05, 0) is 25.0 Å². The number of benzene rings is 2. The largest absolute Gasteiger partial charge is 0.445 e. The summed E-state index contributed by atoms with van der Waals surface area (Å²) in [7, 11) is 0. The lowest BCUT2D eigenvalue weighted by molar-refractivity contribution is -0.135. The van der Waals surface area contributed by atoms with Gasteiger partial charge in [0.1, 0.15) is 12.6 Å². The predicted octanol–water partition coefficient (Wildman–Crippen LogP) is 3.08. The fourth-order valence-corrected chi connectivity index (χ4v) is 3.64. The zero-order valence-electron chi connectivity index (χ0n) is 17.8. The van der Waals surface area contributed by atoms with Gasteiger partial charge in [-0.2, -0.15) is 0 Å². The minimum absolute atomic E-state index is 0.0566. The Bertz CT molecular complexity index is 803. The number of ether oxygens (including phenoxy) is 1. The van der Waals surface area contributed by atoms with Crippen LogP contribution in [0.4, 0.5) is 4.79 Å². The van der Waals surface area contributed by atoms with Crippen molar-refractivity contribution >= 4 is 12.0 Å². The average molecular weight is 410 g/mol. The first kappa shape index (κ1) is 21.8. The maximum atomic E-state index is 13.2. The maximum Gasteiger partial charge on any atom is 0.408 e. The van der Waals surface area contributed by atoms with Crippen LogP contribution >= 0.6 is 0 Å². The standard InChI is InChI=1S/C24H31N3O3/c1-19(2)26-13-15-27(16-14-26)23(28)22(17-20-9-5-3-6-10-20)25-24(29)30-18-21-11-7-4-8-12-21/h3-12,19,22H,13-18H2,1-2H3,(H,25,29)/t22-/m0/s1. The summed E-state index contributed by atoms with van der Waals surface area (Å²) in [5, 5.41) is 2.80. The highest BCUT2D eigenvalue weighted by atomic mass is 16.5. The molecule has 1 fully saturated rings. The summed E-state index contributed by atoms with van der Waals surface area (Å²) in [6, 6.07) is 19.1. The molecule has 0 radical (unpaired) electrons. The molecule has 1 aliphatic heterocycles. The van der Waals surface area contributed by atoms with Gasteiger partial charge in [0.15, 0.2) is 0 Å². The molecule has 1 aliphatic rings. The molecule has 1 N–H and O–H groups in total. The summed E-state index contributed by atoms with van der Waals surface area (Å²) in [5.74, 6) is -0.0566. The van der Waals surface area contributed by atoms with Gasteiger partial charge >= 0.3 is 6.09 Å². The van der Waals surface area contributed by atoms with Gasteiger partial charge in [-0.1, -0.05) is 60.7 Å². The van der Waals surface area contributed by atoms with Crippen LogP contribution in [0.2, 0.25) is 0 Å². The molecule has 0 saturated carbocycles. The van der Waals surface area contributed by atoms with Crippen molar-refractivity contribution in [2.24, 2.45) is 0 Å². The minimum Gasteiger partial charge on any atom is -0.445 e. The Balaban J connectivity index is 1.62. The molecule has 160 valence electrons. The third-order valence-corrected chi connectivity index (χ3v) is 5.44. The van der Waals surface area contributed by atoms with E-state index >= 15 is 0 Å². The lowest BCUT2D eigenvalue weighted by atomic mass is 10.0. The van der Waals surface area contributed by atoms with E-state index in [1.54, 1.807) is 0 Å². The molecule has 1 atom stereocenters. The van der Waals surface area contributed by atoms with Gasteiger partial charge in [0.2, 0.25) is 5.91 Å². The van der Waals surface area contributed by atoms with Crippen molar-refractivity contribution < 1.29 is 14.3 Å². The number of amides is 2. The predicted molar refractivity (Wildman–Crippen MR) is 117 cm³/mol. The second-order valence-corrected chi connectivity index (χ2v) is 7.90. The van der Waals surface area contributed by atoms with E-state index in [0.717, 1.165) is 24.2 Å². The number of hydrogen-bond donors (Lipinski definition) is 1. The number of alkyl carbamates (subject to hydrolysis) is 1. The summed E-state index contributed by atoms with van der Waals surface area (Å²) in [5.41, 5.74) is 1.91. The lowest BCUT2D eigenvalue weighted by Crippen LogP contribution is -2.56. The third kappa shape index (κ3) is 6.32. The van der Waals surface area contributed by atoms with E-state index in [9.17, 15) is 9.59 Å². The molecule has 2 amide bonds. The second-order valence-electron chi connectivity index (χ2n) is 7.90. The monoisotopic (exact) mass is 409 g/mol. The van der Waals surface area contributed by atoms with Crippen LogP contribution in [0.15, 0.2) is 60.7 Å². The number of carbonyl (C=O) groups excluding carboxylic acids is 2. The van der Waals surface area contributed by atoms with Gasteiger partial charge in [-0.3, -0.25) is 9.69 Å². The second kappa shape index (κ2) is 10.8. The summed E-state index contributed by atoms with van der Waals surface area (Å²) < 4.78 is 5.35. The van der Waals surface area contributed by atoms with Gasteiger partial charge in [-0.25, -0.2) is 4.79 Å². The summed E-state index contributed by atoms with van der Waals surface area (Å²) >= 11 is 0. The Labute approximate surface area is 178 Å². The van der Waals surface area contributed by atoms with E-state index in [0.29, 0.717) is 25.6 Å². The van der Waals surface area contributed by atoms with Crippen molar-refractivity contribution in [1.29, 1.82) is 0 Å². The van der Waals surface area contributed by atoms with Gasteiger partial charge in [-0.15, -0.1) is 0 Å². The number of carbonyl (C=O) groups is 2. The van der Waals surface area contributed by atoms with Crippen molar-refractivity contribution in [2.75, 3.05) is 26.2 Å². The molecule has 2 aromatic rings. The van der Waals surface area contributed by atoms with Crippen molar-refractivity contribution in [3.8, 4) is 0 Å². The van der Waals surface area contributed by atoms with E-state index in [4.69, 9.17) is 4.74 Å². The summed E-state index contributed by atoms with van der Waals surface area (Å²) in [4.78, 5) is 29.9. The Hall–Kier alpha value is -2.86. The Morgan fingerprint density at radius 2 is 1.47 bits per heavy atom. The van der Waals surface area contributed by atoms with Crippen molar-refractivity contribution in [3.05, 3.63) is 71.8 Å². The number of hydrogen-bond acceptors (Lipinski definition) is 4. The smallest absolute Gasteiger partial charge is 0.408 e. The molecular formula is C24H31N3O3. The van der Waals surface area contributed by atoms with Crippen LogP contribution < -0.4 is 5.32 Å². The van der Waals surface area contributed by atoms with Gasteiger partial charge in [0.05, 0.1) is 0 Å². The third-order valence-electron chi connectivity index (χ3n) is 5.44. The number of nitrogens with zero attached hydrogens (tertiary/aromatic N) is 2. The molecule has 0 bridgehead atoms. The van der Waals surface area contributed by atoms with Crippen LogP contribution in [0.1, 0.15) is 25.0 Å². The molecule has 6 heteroatoms. The number of piperazine rings is 1. The van der Waals surface area contributed by atoms with Crippen LogP contribution in [0.3, 0.4) is 0 Å². The molecule has 3 rings (SSSR count). The Morgan fingerprint density at radius 1 is 0.900 bits per heavy atom. The number of nitrogens with one attached hydrogen (secondary N) is 1. The molecule has 0 aromatic heterocycles. The van der Waals surface area contributed by atoms with E-state index in [-0.39, 0.29) is 12.5 Å². The fourth-order valence-electron chi connectivity index (χ4n) is 3.64. The first-order valence-electron chi connectivity index (χ1n) is 10.6. The van der Waals surface area contributed by atoms with Gasteiger partial charge in [0, 0.05) is 38.6 Å². The van der Waals surface area contributed by atoms with E-state index in [2.05, 4.69) is 24.1 Å². The molecule has 2 aromatic carbocycles. The highest BCUT2D eigenvalue weighted by molar-refractivity contribution is 5.86. The zero-order chi connectivity index (χ0) is 21.3. The highest BCUT2D eigenvalue weighted by Gasteiger charge is 2.29. The quantitative estimate of drug-likeness (QED) is 0.763. The summed E-state index contributed by atoms with van der Waals surface area (Å²) in [6.45, 7) is 7.54. The molecule has 1 saturated heterocycles. The van der Waals surface area contributed by atoms with E-state index < -0.39 is 12.1 Å². The van der Waals surface area contributed by atoms with Gasteiger partial charge < -0.3 is 15.0 Å². The molecule has 6 nitrogen and oxygen atoms in total. The average Bonchev–Trinajstić information content (AvgIpc) is 2.78. The lowest BCUT2D eigenvalue weighted by Gasteiger charge is -2.38. The minimum atomic E-state index is -0.652. The summed E-state index contributed by atoms with van der Waals surface area (Å²) in [6.07, 6.45) is -0.140. The fraction of sp³-hybridized carbons (Fsp3) is 0.417. The van der Waals surface area contributed by atoms with Crippen molar-refractivity contribution in [3.63, 3.8) is 0 Å². The van der Waals surface area contributed by atoms with Crippen LogP contribution in [0.25, 0.3) is 0 Å². The first-order valence-corrected chi connectivity index (χ1v) is 10.6. The van der Waals surface area contributed by atoms with Crippen LogP contribution in [-0.2, 0) is 22.6 Å². The zero-order valence-corrected chi connectivity index (χ0v) is 17.8. The molecule has 0 spiro atoms. The molecule has 0 unspecified atom stereocenters. The number of rotatable bonds is 7. The van der Waals surface area contributed by atoms with Crippen LogP contribution in [0.5, 0.6) is 0 Å². The first-order chi connectivity index (χ1) is 14.5. The molecule has 1 heterocycles. The maximum absolute atomic E-state index is 13.2. The highest BCUT2D eigenvalue weighted by Crippen LogP contribution is 2.11. The van der Waals surface area contributed by atoms with Crippen LogP contribution in [-0.4, -0.2) is 60.1 Å². The Kier molecular flexibility index (Phi) is 7.85. The Morgan fingerprint density at radius 3 is 2.03 bits per heavy atom.